The molecular formula is C13H17N3O2. The van der Waals surface area contributed by atoms with Crippen LogP contribution in [0.5, 0.6) is 0 Å². The van der Waals surface area contributed by atoms with Gasteiger partial charge in [-0.05, 0) is 24.6 Å². The van der Waals surface area contributed by atoms with Crippen molar-refractivity contribution in [2.45, 2.75) is 13.3 Å². The van der Waals surface area contributed by atoms with Crippen molar-refractivity contribution in [2.75, 3.05) is 18.5 Å². The molecule has 5 heteroatoms. The first-order valence-corrected chi connectivity index (χ1v) is 5.93. The molecule has 2 heterocycles. The molecule has 5 nitrogen and oxygen atoms in total. The van der Waals surface area contributed by atoms with Crippen LogP contribution in [-0.4, -0.2) is 28.2 Å². The summed E-state index contributed by atoms with van der Waals surface area (Å²) >= 11 is 0. The number of aromatic nitrogens is 2. The van der Waals surface area contributed by atoms with Gasteiger partial charge in [-0.1, -0.05) is 0 Å². The Bertz CT molecular complexity index is 454. The zero-order chi connectivity index (χ0) is 12.8. The van der Waals surface area contributed by atoms with E-state index in [-0.39, 0.29) is 12.5 Å². The third-order valence-corrected chi connectivity index (χ3v) is 2.66. The quantitative estimate of drug-likeness (QED) is 0.812. The van der Waals surface area contributed by atoms with E-state index in [0.717, 1.165) is 11.3 Å². The summed E-state index contributed by atoms with van der Waals surface area (Å²) in [6.07, 6.45) is 5.86. The standard InChI is InChI=1S/C13H17N3O2/c1-10-6-14-13(15-7-10)16-8-11(9-17)5-12-3-2-4-18-12/h2-4,6-7,11,17H,5,8-9H2,1H3,(H,14,15,16)/t11-/m1/s1. The van der Waals surface area contributed by atoms with Gasteiger partial charge < -0.3 is 14.8 Å². The molecule has 96 valence electrons. The average molecular weight is 247 g/mol. The van der Waals surface area contributed by atoms with Crippen LogP contribution in [0.1, 0.15) is 11.3 Å². The fourth-order valence-corrected chi connectivity index (χ4v) is 1.63. The second-order valence-corrected chi connectivity index (χ2v) is 4.30. The molecule has 0 saturated carbocycles. The fraction of sp³-hybridized carbons (Fsp3) is 0.385. The van der Waals surface area contributed by atoms with Gasteiger partial charge in [0, 0.05) is 37.9 Å². The molecule has 0 saturated heterocycles. The summed E-state index contributed by atoms with van der Waals surface area (Å²) in [5, 5.41) is 12.4. The highest BCUT2D eigenvalue weighted by Gasteiger charge is 2.10. The summed E-state index contributed by atoms with van der Waals surface area (Å²) in [5.74, 6) is 1.54. The Morgan fingerprint density at radius 2 is 2.17 bits per heavy atom. The fourth-order valence-electron chi connectivity index (χ4n) is 1.63. The molecule has 2 aromatic rings. The lowest BCUT2D eigenvalue weighted by molar-refractivity contribution is 0.226. The second-order valence-electron chi connectivity index (χ2n) is 4.30. The number of anilines is 1. The minimum Gasteiger partial charge on any atom is -0.469 e. The number of aliphatic hydroxyl groups excluding tert-OH is 1. The molecule has 0 fully saturated rings. The topological polar surface area (TPSA) is 71.2 Å². The van der Waals surface area contributed by atoms with Crippen LogP contribution < -0.4 is 5.32 Å². The first kappa shape index (κ1) is 12.6. The highest BCUT2D eigenvalue weighted by atomic mass is 16.3. The minimum absolute atomic E-state index is 0.0843. The Morgan fingerprint density at radius 1 is 1.39 bits per heavy atom. The van der Waals surface area contributed by atoms with Gasteiger partial charge in [-0.25, -0.2) is 9.97 Å². The van der Waals surface area contributed by atoms with Crippen LogP contribution in [0.3, 0.4) is 0 Å². The minimum atomic E-state index is 0.0843. The molecule has 2 aromatic heterocycles. The van der Waals surface area contributed by atoms with Gasteiger partial charge in [-0.2, -0.15) is 0 Å². The number of hydrogen-bond acceptors (Lipinski definition) is 5. The van der Waals surface area contributed by atoms with Gasteiger partial charge in [0.05, 0.1) is 6.26 Å². The van der Waals surface area contributed by atoms with Crippen molar-refractivity contribution in [3.63, 3.8) is 0 Å². The molecule has 2 rings (SSSR count). The van der Waals surface area contributed by atoms with Crippen molar-refractivity contribution < 1.29 is 9.52 Å². The number of hydrogen-bond donors (Lipinski definition) is 2. The summed E-state index contributed by atoms with van der Waals surface area (Å²) in [4.78, 5) is 8.31. The zero-order valence-corrected chi connectivity index (χ0v) is 10.3. The van der Waals surface area contributed by atoms with Crippen LogP contribution in [0.15, 0.2) is 35.2 Å². The SMILES string of the molecule is Cc1cnc(NC[C@H](CO)Cc2ccco2)nc1. The van der Waals surface area contributed by atoms with Gasteiger partial charge in [0.25, 0.3) is 0 Å². The van der Waals surface area contributed by atoms with Crippen molar-refractivity contribution in [1.82, 2.24) is 9.97 Å². The summed E-state index contributed by atoms with van der Waals surface area (Å²) in [6, 6.07) is 3.76. The van der Waals surface area contributed by atoms with E-state index in [0.29, 0.717) is 18.9 Å². The number of aryl methyl sites for hydroxylation is 1. The lowest BCUT2D eigenvalue weighted by Gasteiger charge is -2.13. The van der Waals surface area contributed by atoms with Crippen molar-refractivity contribution in [2.24, 2.45) is 5.92 Å². The van der Waals surface area contributed by atoms with Crippen LogP contribution in [0.2, 0.25) is 0 Å². The number of nitrogens with zero attached hydrogens (tertiary/aromatic N) is 2. The van der Waals surface area contributed by atoms with E-state index >= 15 is 0 Å². The molecule has 2 N–H and O–H groups in total. The van der Waals surface area contributed by atoms with Gasteiger partial charge in [0.1, 0.15) is 5.76 Å². The maximum Gasteiger partial charge on any atom is 0.222 e. The predicted molar refractivity (Wildman–Crippen MR) is 68.2 cm³/mol. The van der Waals surface area contributed by atoms with Crippen LogP contribution in [0.25, 0.3) is 0 Å². The van der Waals surface area contributed by atoms with E-state index in [1.54, 1.807) is 18.7 Å². The lowest BCUT2D eigenvalue weighted by Crippen LogP contribution is -2.21. The first-order valence-electron chi connectivity index (χ1n) is 5.93. The Labute approximate surface area is 106 Å². The smallest absolute Gasteiger partial charge is 0.222 e. The second kappa shape index (κ2) is 6.16. The van der Waals surface area contributed by atoms with E-state index in [9.17, 15) is 5.11 Å². The van der Waals surface area contributed by atoms with E-state index < -0.39 is 0 Å². The van der Waals surface area contributed by atoms with Gasteiger partial charge >= 0.3 is 0 Å². The summed E-state index contributed by atoms with van der Waals surface area (Å²) in [5.41, 5.74) is 1.02. The molecule has 0 spiro atoms. The van der Waals surface area contributed by atoms with Gasteiger partial charge in [-0.15, -0.1) is 0 Å². The van der Waals surface area contributed by atoms with Crippen LogP contribution in [0, 0.1) is 12.8 Å². The summed E-state index contributed by atoms with van der Waals surface area (Å²) < 4.78 is 5.26. The zero-order valence-electron chi connectivity index (χ0n) is 10.3. The molecule has 0 aliphatic rings. The average Bonchev–Trinajstić information content (AvgIpc) is 2.89. The van der Waals surface area contributed by atoms with E-state index in [1.807, 2.05) is 19.1 Å². The van der Waals surface area contributed by atoms with Crippen molar-refractivity contribution in [1.29, 1.82) is 0 Å². The van der Waals surface area contributed by atoms with E-state index in [2.05, 4.69) is 15.3 Å². The van der Waals surface area contributed by atoms with Crippen molar-refractivity contribution >= 4 is 5.95 Å². The molecule has 0 aliphatic carbocycles. The first-order chi connectivity index (χ1) is 8.78. The monoisotopic (exact) mass is 247 g/mol. The highest BCUT2D eigenvalue weighted by Crippen LogP contribution is 2.10. The molecular weight excluding hydrogens is 230 g/mol. The van der Waals surface area contributed by atoms with Gasteiger partial charge in [0.15, 0.2) is 0 Å². The number of furan rings is 1. The molecule has 1 atom stereocenters. The molecule has 0 aromatic carbocycles. The Kier molecular flexibility index (Phi) is 4.30. The van der Waals surface area contributed by atoms with E-state index in [4.69, 9.17) is 4.42 Å². The van der Waals surface area contributed by atoms with E-state index in [1.165, 1.54) is 0 Å². The molecule has 0 amide bonds. The Hall–Kier alpha value is -1.88. The van der Waals surface area contributed by atoms with Crippen molar-refractivity contribution in [3.05, 3.63) is 42.1 Å². The summed E-state index contributed by atoms with van der Waals surface area (Å²) in [6.45, 7) is 2.65. The Morgan fingerprint density at radius 3 is 2.78 bits per heavy atom. The third-order valence-electron chi connectivity index (χ3n) is 2.66. The maximum atomic E-state index is 9.32. The normalized spacial score (nSPS) is 12.3. The maximum absolute atomic E-state index is 9.32. The largest absolute Gasteiger partial charge is 0.469 e. The van der Waals surface area contributed by atoms with Crippen molar-refractivity contribution in [3.8, 4) is 0 Å². The lowest BCUT2D eigenvalue weighted by atomic mass is 10.1. The van der Waals surface area contributed by atoms with Crippen LogP contribution >= 0.6 is 0 Å². The van der Waals surface area contributed by atoms with Gasteiger partial charge in [-0.3, -0.25) is 0 Å². The molecule has 0 unspecified atom stereocenters. The molecule has 0 radical (unpaired) electrons. The third kappa shape index (κ3) is 3.56. The molecule has 18 heavy (non-hydrogen) atoms. The highest BCUT2D eigenvalue weighted by molar-refractivity contribution is 5.24. The summed E-state index contributed by atoms with van der Waals surface area (Å²) in [7, 11) is 0. The number of aliphatic hydroxyl groups is 1. The predicted octanol–water partition coefficient (Wildman–Crippen LogP) is 1.64. The molecule has 0 aliphatic heterocycles. The number of rotatable bonds is 6. The van der Waals surface area contributed by atoms with Gasteiger partial charge in [0.2, 0.25) is 5.95 Å². The van der Waals surface area contributed by atoms with Crippen LogP contribution in [0.4, 0.5) is 5.95 Å². The Balaban J connectivity index is 1.85. The van der Waals surface area contributed by atoms with Crippen LogP contribution in [-0.2, 0) is 6.42 Å². The number of nitrogens with one attached hydrogen (secondary N) is 1. The molecule has 0 bridgehead atoms.